The molecule has 0 aliphatic carbocycles. The number of nitrogens with zero attached hydrogens (tertiary/aromatic N) is 3. The standard InChI is InChI=1S/C24H27N3O2/c1-17-8-4-5-9-21(17)27-18(2)16-20(19(27)3)24(29)26-14-12-25(13-15-26)22-10-6-7-11-23(22)28/h4-11,16,28H,12-15H2,1-3H3. The molecule has 0 spiro atoms. The molecule has 0 radical (unpaired) electrons. The first-order valence-electron chi connectivity index (χ1n) is 10.0. The van der Waals surface area contributed by atoms with Crippen molar-refractivity contribution in [1.29, 1.82) is 0 Å². The van der Waals surface area contributed by atoms with Crippen LogP contribution in [0.1, 0.15) is 27.3 Å². The van der Waals surface area contributed by atoms with E-state index in [9.17, 15) is 9.90 Å². The van der Waals surface area contributed by atoms with Gasteiger partial charge in [0.25, 0.3) is 5.91 Å². The Morgan fingerprint density at radius 3 is 2.14 bits per heavy atom. The van der Waals surface area contributed by atoms with Gasteiger partial charge in [-0.15, -0.1) is 0 Å². The molecular formula is C24H27N3O2. The number of aromatic hydroxyl groups is 1. The fraction of sp³-hybridized carbons (Fsp3) is 0.292. The van der Waals surface area contributed by atoms with Crippen molar-refractivity contribution in [3.8, 4) is 11.4 Å². The van der Waals surface area contributed by atoms with Crippen LogP contribution in [-0.2, 0) is 0 Å². The second-order valence-corrected chi connectivity index (χ2v) is 7.67. The third-order valence-corrected chi connectivity index (χ3v) is 5.81. The average Bonchev–Trinajstić information content (AvgIpc) is 3.02. The first-order chi connectivity index (χ1) is 14.0. The topological polar surface area (TPSA) is 48.7 Å². The minimum absolute atomic E-state index is 0.0786. The molecule has 1 saturated heterocycles. The van der Waals surface area contributed by atoms with E-state index in [1.807, 2.05) is 55.1 Å². The predicted octanol–water partition coefficient (Wildman–Crippen LogP) is 4.07. The van der Waals surface area contributed by atoms with Gasteiger partial charge < -0.3 is 19.5 Å². The fourth-order valence-corrected chi connectivity index (χ4v) is 4.22. The highest BCUT2D eigenvalue weighted by molar-refractivity contribution is 5.96. The summed E-state index contributed by atoms with van der Waals surface area (Å²) in [5.74, 6) is 0.365. The Bertz CT molecular complexity index is 1050. The van der Waals surface area contributed by atoms with E-state index in [1.54, 1.807) is 6.07 Å². The highest BCUT2D eigenvalue weighted by atomic mass is 16.3. The van der Waals surface area contributed by atoms with Crippen LogP contribution in [0.25, 0.3) is 5.69 Å². The number of aryl methyl sites for hydroxylation is 2. The molecular weight excluding hydrogens is 362 g/mol. The van der Waals surface area contributed by atoms with E-state index in [4.69, 9.17) is 0 Å². The van der Waals surface area contributed by atoms with Gasteiger partial charge >= 0.3 is 0 Å². The van der Waals surface area contributed by atoms with E-state index >= 15 is 0 Å². The highest BCUT2D eigenvalue weighted by Gasteiger charge is 2.26. The first kappa shape index (κ1) is 19.1. The van der Waals surface area contributed by atoms with Crippen molar-refractivity contribution in [2.75, 3.05) is 31.1 Å². The number of aromatic nitrogens is 1. The maximum Gasteiger partial charge on any atom is 0.255 e. The Morgan fingerprint density at radius 2 is 1.48 bits per heavy atom. The number of carbonyl (C=O) groups is 1. The van der Waals surface area contributed by atoms with E-state index in [-0.39, 0.29) is 11.7 Å². The van der Waals surface area contributed by atoms with Gasteiger partial charge in [-0.25, -0.2) is 0 Å². The molecule has 29 heavy (non-hydrogen) atoms. The van der Waals surface area contributed by atoms with Crippen LogP contribution in [0.2, 0.25) is 0 Å². The summed E-state index contributed by atoms with van der Waals surface area (Å²) < 4.78 is 2.17. The number of piperazine rings is 1. The van der Waals surface area contributed by atoms with Gasteiger partial charge in [-0.2, -0.15) is 0 Å². The molecule has 1 aromatic heterocycles. The Kier molecular flexibility index (Phi) is 5.05. The fourth-order valence-electron chi connectivity index (χ4n) is 4.22. The van der Waals surface area contributed by atoms with Gasteiger partial charge in [0.05, 0.1) is 11.3 Å². The molecule has 5 nitrogen and oxygen atoms in total. The lowest BCUT2D eigenvalue weighted by Crippen LogP contribution is -2.48. The second-order valence-electron chi connectivity index (χ2n) is 7.67. The number of benzene rings is 2. The summed E-state index contributed by atoms with van der Waals surface area (Å²) in [6.45, 7) is 8.85. The smallest absolute Gasteiger partial charge is 0.255 e. The zero-order valence-corrected chi connectivity index (χ0v) is 17.2. The molecule has 0 unspecified atom stereocenters. The molecule has 2 heterocycles. The quantitative estimate of drug-likeness (QED) is 0.735. The van der Waals surface area contributed by atoms with E-state index in [2.05, 4.69) is 28.5 Å². The van der Waals surface area contributed by atoms with Crippen LogP contribution in [-0.4, -0.2) is 46.7 Å². The van der Waals surface area contributed by atoms with Gasteiger partial charge in [-0.3, -0.25) is 4.79 Å². The molecule has 1 amide bonds. The number of hydrogen-bond acceptors (Lipinski definition) is 3. The molecule has 150 valence electrons. The molecule has 0 atom stereocenters. The average molecular weight is 389 g/mol. The van der Waals surface area contributed by atoms with Crippen molar-refractivity contribution in [3.63, 3.8) is 0 Å². The van der Waals surface area contributed by atoms with Crippen molar-refractivity contribution < 1.29 is 9.90 Å². The molecule has 4 rings (SSSR count). The molecule has 2 aromatic carbocycles. The van der Waals surface area contributed by atoms with Crippen molar-refractivity contribution >= 4 is 11.6 Å². The van der Waals surface area contributed by atoms with Crippen molar-refractivity contribution in [1.82, 2.24) is 9.47 Å². The molecule has 1 aliphatic heterocycles. The normalized spacial score (nSPS) is 14.3. The van der Waals surface area contributed by atoms with E-state index in [0.717, 1.165) is 28.3 Å². The highest BCUT2D eigenvalue weighted by Crippen LogP contribution is 2.28. The van der Waals surface area contributed by atoms with Crippen LogP contribution in [0, 0.1) is 20.8 Å². The van der Waals surface area contributed by atoms with Gasteiger partial charge in [0, 0.05) is 43.3 Å². The summed E-state index contributed by atoms with van der Waals surface area (Å²) in [7, 11) is 0. The maximum absolute atomic E-state index is 13.3. The van der Waals surface area contributed by atoms with Gasteiger partial charge in [0.1, 0.15) is 5.75 Å². The first-order valence-corrected chi connectivity index (χ1v) is 10.0. The number of para-hydroxylation sites is 3. The van der Waals surface area contributed by atoms with E-state index in [1.165, 1.54) is 5.56 Å². The monoisotopic (exact) mass is 389 g/mol. The number of carbonyl (C=O) groups excluding carboxylic acids is 1. The Morgan fingerprint density at radius 1 is 0.862 bits per heavy atom. The third kappa shape index (κ3) is 3.48. The lowest BCUT2D eigenvalue weighted by molar-refractivity contribution is 0.0746. The minimum Gasteiger partial charge on any atom is -0.506 e. The van der Waals surface area contributed by atoms with Crippen molar-refractivity contribution in [3.05, 3.63) is 77.1 Å². The maximum atomic E-state index is 13.3. The molecule has 1 fully saturated rings. The van der Waals surface area contributed by atoms with E-state index < -0.39 is 0 Å². The van der Waals surface area contributed by atoms with Crippen LogP contribution in [0.4, 0.5) is 5.69 Å². The van der Waals surface area contributed by atoms with Crippen molar-refractivity contribution in [2.45, 2.75) is 20.8 Å². The van der Waals surface area contributed by atoms with Gasteiger partial charge in [0.15, 0.2) is 0 Å². The molecule has 5 heteroatoms. The zero-order chi connectivity index (χ0) is 20.5. The molecule has 0 saturated carbocycles. The molecule has 1 aliphatic rings. The van der Waals surface area contributed by atoms with Gasteiger partial charge in [-0.1, -0.05) is 30.3 Å². The third-order valence-electron chi connectivity index (χ3n) is 5.81. The molecule has 1 N–H and O–H groups in total. The second kappa shape index (κ2) is 7.66. The Labute approximate surface area is 171 Å². The van der Waals surface area contributed by atoms with Crippen molar-refractivity contribution in [2.24, 2.45) is 0 Å². The number of hydrogen-bond donors (Lipinski definition) is 1. The summed E-state index contributed by atoms with van der Waals surface area (Å²) in [6, 6.07) is 17.6. The summed E-state index contributed by atoms with van der Waals surface area (Å²) in [4.78, 5) is 17.3. The predicted molar refractivity (Wildman–Crippen MR) is 116 cm³/mol. The lowest BCUT2D eigenvalue weighted by atomic mass is 10.1. The number of phenols is 1. The number of phenolic OH excluding ortho intramolecular Hbond substituents is 1. The van der Waals surface area contributed by atoms with Crippen LogP contribution in [0.3, 0.4) is 0 Å². The van der Waals surface area contributed by atoms with Gasteiger partial charge in [0.2, 0.25) is 0 Å². The summed E-state index contributed by atoms with van der Waals surface area (Å²) >= 11 is 0. The number of rotatable bonds is 3. The van der Waals surface area contributed by atoms with E-state index in [0.29, 0.717) is 26.2 Å². The zero-order valence-electron chi connectivity index (χ0n) is 17.2. The number of anilines is 1. The minimum atomic E-state index is 0.0786. The molecule has 0 bridgehead atoms. The summed E-state index contributed by atoms with van der Waals surface area (Å²) in [5, 5.41) is 10.1. The van der Waals surface area contributed by atoms with Crippen LogP contribution in [0.15, 0.2) is 54.6 Å². The SMILES string of the molecule is Cc1ccccc1-n1c(C)cc(C(=O)N2CCN(c3ccccc3O)CC2)c1C. The molecule has 3 aromatic rings. The van der Waals surface area contributed by atoms with Crippen LogP contribution >= 0.6 is 0 Å². The number of amides is 1. The van der Waals surface area contributed by atoms with Crippen LogP contribution in [0.5, 0.6) is 5.75 Å². The summed E-state index contributed by atoms with van der Waals surface area (Å²) in [6.07, 6.45) is 0. The van der Waals surface area contributed by atoms with Crippen LogP contribution < -0.4 is 4.90 Å². The largest absolute Gasteiger partial charge is 0.506 e. The Hall–Kier alpha value is -3.21. The van der Waals surface area contributed by atoms with Gasteiger partial charge in [-0.05, 0) is 50.6 Å². The summed E-state index contributed by atoms with van der Waals surface area (Å²) in [5.41, 5.74) is 5.94. The Balaban J connectivity index is 1.54. The lowest BCUT2D eigenvalue weighted by Gasteiger charge is -2.36.